The molecule has 0 N–H and O–H groups in total. The van der Waals surface area contributed by atoms with Crippen molar-refractivity contribution in [2.75, 3.05) is 46.1 Å². The van der Waals surface area contributed by atoms with Crippen molar-refractivity contribution >= 4 is 12.4 Å². The molecule has 0 radical (unpaired) electrons. The molecule has 1 heterocycles. The highest BCUT2D eigenvalue weighted by Gasteiger charge is 2.09. The zero-order valence-electron chi connectivity index (χ0n) is 12.0. The second-order valence-corrected chi connectivity index (χ2v) is 4.63. The molecule has 4 nitrogen and oxygen atoms in total. The Bertz CT molecular complexity index is 370. The van der Waals surface area contributed by atoms with Crippen molar-refractivity contribution in [3.05, 3.63) is 24.3 Å². The Hall–Kier alpha value is -0.970. The molecular formula is C15H24ClNO3. The number of morpholine rings is 1. The molecule has 0 atom stereocenters. The smallest absolute Gasteiger partial charge is 0.123 e. The number of nitrogens with zero attached hydrogens (tertiary/aromatic N) is 1. The van der Waals surface area contributed by atoms with Crippen molar-refractivity contribution in [1.29, 1.82) is 0 Å². The SMILES string of the molecule is CCCOc1cccc(OCCN2CCOCC2)c1.Cl. The first-order valence-electron chi connectivity index (χ1n) is 7.04. The third-order valence-corrected chi connectivity index (χ3v) is 3.06. The molecule has 1 fully saturated rings. The highest BCUT2D eigenvalue weighted by molar-refractivity contribution is 5.85. The number of hydrogen-bond donors (Lipinski definition) is 0. The minimum Gasteiger partial charge on any atom is -0.493 e. The number of halogens is 1. The molecule has 1 aliphatic heterocycles. The highest BCUT2D eigenvalue weighted by atomic mass is 35.5. The summed E-state index contributed by atoms with van der Waals surface area (Å²) < 4.78 is 16.7. The molecule has 0 aliphatic carbocycles. The van der Waals surface area contributed by atoms with Crippen molar-refractivity contribution < 1.29 is 14.2 Å². The molecule has 0 amide bonds. The molecule has 2 rings (SSSR count). The monoisotopic (exact) mass is 301 g/mol. The molecule has 1 saturated heterocycles. The van der Waals surface area contributed by atoms with Gasteiger partial charge in [-0.25, -0.2) is 0 Å². The van der Waals surface area contributed by atoms with Gasteiger partial charge in [0.05, 0.1) is 19.8 Å². The van der Waals surface area contributed by atoms with Crippen LogP contribution in [0, 0.1) is 0 Å². The Balaban J connectivity index is 0.00000200. The van der Waals surface area contributed by atoms with E-state index in [9.17, 15) is 0 Å². The van der Waals surface area contributed by atoms with Gasteiger partial charge in [0, 0.05) is 25.7 Å². The molecule has 1 aromatic carbocycles. The minimum atomic E-state index is 0. The van der Waals surface area contributed by atoms with Crippen LogP contribution < -0.4 is 9.47 Å². The van der Waals surface area contributed by atoms with Gasteiger partial charge in [-0.1, -0.05) is 13.0 Å². The lowest BCUT2D eigenvalue weighted by atomic mass is 10.3. The lowest BCUT2D eigenvalue weighted by molar-refractivity contribution is 0.0322. The summed E-state index contributed by atoms with van der Waals surface area (Å²) in [5.41, 5.74) is 0. The summed E-state index contributed by atoms with van der Waals surface area (Å²) >= 11 is 0. The number of rotatable bonds is 7. The fraction of sp³-hybridized carbons (Fsp3) is 0.600. The first-order chi connectivity index (χ1) is 9.38. The summed E-state index contributed by atoms with van der Waals surface area (Å²) in [7, 11) is 0. The predicted octanol–water partition coefficient (Wildman–Crippen LogP) is 2.61. The largest absolute Gasteiger partial charge is 0.493 e. The molecule has 0 unspecified atom stereocenters. The van der Waals surface area contributed by atoms with E-state index in [1.54, 1.807) is 0 Å². The van der Waals surface area contributed by atoms with Crippen LogP contribution in [0.4, 0.5) is 0 Å². The highest BCUT2D eigenvalue weighted by Crippen LogP contribution is 2.19. The second kappa shape index (κ2) is 9.86. The lowest BCUT2D eigenvalue weighted by Gasteiger charge is -2.26. The van der Waals surface area contributed by atoms with Gasteiger partial charge < -0.3 is 14.2 Å². The van der Waals surface area contributed by atoms with E-state index in [0.717, 1.165) is 57.4 Å². The molecule has 0 saturated carbocycles. The van der Waals surface area contributed by atoms with Crippen LogP contribution in [-0.4, -0.2) is 51.0 Å². The van der Waals surface area contributed by atoms with Gasteiger partial charge in [-0.05, 0) is 18.6 Å². The van der Waals surface area contributed by atoms with Crippen LogP contribution in [0.25, 0.3) is 0 Å². The van der Waals surface area contributed by atoms with E-state index in [-0.39, 0.29) is 12.4 Å². The van der Waals surface area contributed by atoms with E-state index in [2.05, 4.69) is 11.8 Å². The third kappa shape index (κ3) is 5.99. The standard InChI is InChI=1S/C15H23NO3.ClH/c1-2-9-18-14-4-3-5-15(13-14)19-12-8-16-6-10-17-11-7-16;/h3-5,13H,2,6-12H2,1H3;1H. The third-order valence-electron chi connectivity index (χ3n) is 3.06. The summed E-state index contributed by atoms with van der Waals surface area (Å²) in [5, 5.41) is 0. The first kappa shape index (κ1) is 17.1. The normalized spacial score (nSPS) is 15.4. The lowest BCUT2D eigenvalue weighted by Crippen LogP contribution is -2.38. The zero-order valence-corrected chi connectivity index (χ0v) is 12.9. The van der Waals surface area contributed by atoms with Gasteiger partial charge in [0.2, 0.25) is 0 Å². The molecule has 0 bridgehead atoms. The van der Waals surface area contributed by atoms with Crippen LogP contribution >= 0.6 is 12.4 Å². The Labute approximate surface area is 127 Å². The summed E-state index contributed by atoms with van der Waals surface area (Å²) in [6.07, 6.45) is 1.02. The van der Waals surface area contributed by atoms with Crippen LogP contribution in [-0.2, 0) is 4.74 Å². The average Bonchev–Trinajstić information content (AvgIpc) is 2.47. The maximum atomic E-state index is 5.77. The van der Waals surface area contributed by atoms with Gasteiger partial charge in [-0.2, -0.15) is 0 Å². The van der Waals surface area contributed by atoms with Gasteiger partial charge in [0.15, 0.2) is 0 Å². The summed E-state index contributed by atoms with van der Waals surface area (Å²) in [5.74, 6) is 1.76. The van der Waals surface area contributed by atoms with Crippen LogP contribution in [0.2, 0.25) is 0 Å². The predicted molar refractivity (Wildman–Crippen MR) is 82.2 cm³/mol. The van der Waals surface area contributed by atoms with Crippen molar-refractivity contribution in [3.63, 3.8) is 0 Å². The van der Waals surface area contributed by atoms with Gasteiger partial charge in [0.25, 0.3) is 0 Å². The Kier molecular flexibility index (Phi) is 8.42. The van der Waals surface area contributed by atoms with Crippen LogP contribution in [0.15, 0.2) is 24.3 Å². The van der Waals surface area contributed by atoms with Crippen LogP contribution in [0.1, 0.15) is 13.3 Å². The number of ether oxygens (including phenoxy) is 3. The maximum Gasteiger partial charge on any atom is 0.123 e. The van der Waals surface area contributed by atoms with Crippen LogP contribution in [0.5, 0.6) is 11.5 Å². The number of hydrogen-bond acceptors (Lipinski definition) is 4. The van der Waals surface area contributed by atoms with Gasteiger partial charge >= 0.3 is 0 Å². The Morgan fingerprint density at radius 3 is 2.40 bits per heavy atom. The molecule has 114 valence electrons. The van der Waals surface area contributed by atoms with E-state index in [4.69, 9.17) is 14.2 Å². The topological polar surface area (TPSA) is 30.9 Å². The van der Waals surface area contributed by atoms with Gasteiger partial charge in [-0.3, -0.25) is 4.90 Å². The Morgan fingerprint density at radius 1 is 1.10 bits per heavy atom. The fourth-order valence-electron chi connectivity index (χ4n) is 1.99. The molecule has 0 aromatic heterocycles. The van der Waals surface area contributed by atoms with Crippen molar-refractivity contribution in [2.45, 2.75) is 13.3 Å². The second-order valence-electron chi connectivity index (χ2n) is 4.63. The zero-order chi connectivity index (χ0) is 13.3. The maximum absolute atomic E-state index is 5.77. The van der Waals surface area contributed by atoms with Gasteiger partial charge in [-0.15, -0.1) is 12.4 Å². The van der Waals surface area contributed by atoms with Crippen molar-refractivity contribution in [1.82, 2.24) is 4.90 Å². The molecule has 5 heteroatoms. The molecule has 1 aliphatic rings. The quantitative estimate of drug-likeness (QED) is 0.774. The fourth-order valence-corrected chi connectivity index (χ4v) is 1.99. The van der Waals surface area contributed by atoms with E-state index in [0.29, 0.717) is 6.61 Å². The summed E-state index contributed by atoms with van der Waals surface area (Å²) in [4.78, 5) is 2.36. The molecule has 0 spiro atoms. The van der Waals surface area contributed by atoms with E-state index >= 15 is 0 Å². The van der Waals surface area contributed by atoms with Crippen molar-refractivity contribution in [2.24, 2.45) is 0 Å². The summed E-state index contributed by atoms with van der Waals surface area (Å²) in [6.45, 7) is 8.17. The summed E-state index contributed by atoms with van der Waals surface area (Å²) in [6, 6.07) is 7.85. The van der Waals surface area contributed by atoms with Crippen LogP contribution in [0.3, 0.4) is 0 Å². The van der Waals surface area contributed by atoms with E-state index in [1.807, 2.05) is 24.3 Å². The first-order valence-corrected chi connectivity index (χ1v) is 7.04. The average molecular weight is 302 g/mol. The van der Waals surface area contributed by atoms with Gasteiger partial charge in [0.1, 0.15) is 18.1 Å². The van der Waals surface area contributed by atoms with Crippen molar-refractivity contribution in [3.8, 4) is 11.5 Å². The van der Waals surface area contributed by atoms with E-state index in [1.165, 1.54) is 0 Å². The Morgan fingerprint density at radius 2 is 1.75 bits per heavy atom. The molecular weight excluding hydrogens is 278 g/mol. The molecule has 20 heavy (non-hydrogen) atoms. The minimum absolute atomic E-state index is 0. The molecule has 1 aromatic rings. The number of benzene rings is 1. The van der Waals surface area contributed by atoms with E-state index < -0.39 is 0 Å².